The molecular formula is C17H22N2O3. The van der Waals surface area contributed by atoms with Crippen LogP contribution in [0, 0.1) is 0 Å². The smallest absolute Gasteiger partial charge is 0.240 e. The van der Waals surface area contributed by atoms with Gasteiger partial charge in [-0.05, 0) is 18.5 Å². The van der Waals surface area contributed by atoms with E-state index in [0.29, 0.717) is 6.42 Å². The molecule has 2 aliphatic rings. The Labute approximate surface area is 130 Å². The number of morpholine rings is 1. The van der Waals surface area contributed by atoms with Crippen LogP contribution in [-0.4, -0.2) is 61.5 Å². The molecule has 1 atom stereocenters. The predicted octanol–water partition coefficient (Wildman–Crippen LogP) is 1.04. The largest absolute Gasteiger partial charge is 0.379 e. The number of benzene rings is 1. The number of carbonyl (C=O) groups excluding carboxylic acids is 2. The van der Waals surface area contributed by atoms with Crippen molar-refractivity contribution in [1.29, 1.82) is 0 Å². The van der Waals surface area contributed by atoms with Gasteiger partial charge >= 0.3 is 0 Å². The van der Waals surface area contributed by atoms with Crippen molar-refractivity contribution >= 4 is 11.8 Å². The summed E-state index contributed by atoms with van der Waals surface area (Å²) in [7, 11) is 1.59. The van der Waals surface area contributed by atoms with Crippen LogP contribution in [0.5, 0.6) is 0 Å². The van der Waals surface area contributed by atoms with Gasteiger partial charge in [0.15, 0.2) is 0 Å². The fraction of sp³-hybridized carbons (Fsp3) is 0.529. The SMILES string of the molecule is CN1C(=O)C[C@](CCN2CCOCC2)(c2ccccc2)C1=O. The lowest BCUT2D eigenvalue weighted by atomic mass is 9.76. The Balaban J connectivity index is 1.84. The first-order chi connectivity index (χ1) is 10.6. The minimum absolute atomic E-state index is 0.0723. The third kappa shape index (κ3) is 2.66. The molecule has 118 valence electrons. The Hall–Kier alpha value is -1.72. The van der Waals surface area contributed by atoms with E-state index >= 15 is 0 Å². The van der Waals surface area contributed by atoms with Gasteiger partial charge in [-0.2, -0.15) is 0 Å². The molecule has 2 heterocycles. The molecule has 5 nitrogen and oxygen atoms in total. The van der Waals surface area contributed by atoms with Crippen molar-refractivity contribution in [3.63, 3.8) is 0 Å². The standard InChI is InChI=1S/C17H22N2O3/c1-18-15(20)13-17(16(18)21,14-5-3-2-4-6-14)7-8-19-9-11-22-12-10-19/h2-6H,7-13H2,1H3/t17-/m1/s1. The van der Waals surface area contributed by atoms with Gasteiger partial charge in [-0.15, -0.1) is 0 Å². The van der Waals surface area contributed by atoms with E-state index in [1.54, 1.807) is 7.05 Å². The van der Waals surface area contributed by atoms with Crippen molar-refractivity contribution in [3.05, 3.63) is 35.9 Å². The quantitative estimate of drug-likeness (QED) is 0.780. The molecule has 1 aromatic rings. The summed E-state index contributed by atoms with van der Waals surface area (Å²) >= 11 is 0. The zero-order valence-corrected chi connectivity index (χ0v) is 13.0. The van der Waals surface area contributed by atoms with Gasteiger partial charge in [-0.25, -0.2) is 0 Å². The van der Waals surface area contributed by atoms with E-state index < -0.39 is 5.41 Å². The zero-order valence-electron chi connectivity index (χ0n) is 13.0. The number of hydrogen-bond acceptors (Lipinski definition) is 4. The van der Waals surface area contributed by atoms with Gasteiger partial charge in [-0.3, -0.25) is 19.4 Å². The summed E-state index contributed by atoms with van der Waals surface area (Å²) < 4.78 is 5.37. The van der Waals surface area contributed by atoms with E-state index in [1.165, 1.54) is 4.90 Å². The van der Waals surface area contributed by atoms with Crippen molar-refractivity contribution in [1.82, 2.24) is 9.80 Å². The summed E-state index contributed by atoms with van der Waals surface area (Å²) in [5.74, 6) is -0.159. The van der Waals surface area contributed by atoms with Gasteiger partial charge in [0, 0.05) is 26.6 Å². The number of ether oxygens (including phenoxy) is 1. The van der Waals surface area contributed by atoms with E-state index in [0.717, 1.165) is 38.4 Å². The van der Waals surface area contributed by atoms with Crippen LogP contribution in [0.2, 0.25) is 0 Å². The molecule has 3 rings (SSSR count). The summed E-state index contributed by atoms with van der Waals surface area (Å²) in [5.41, 5.74) is 0.247. The Kier molecular flexibility index (Phi) is 4.27. The van der Waals surface area contributed by atoms with Gasteiger partial charge in [-0.1, -0.05) is 30.3 Å². The first-order valence-electron chi connectivity index (χ1n) is 7.80. The number of likely N-dealkylation sites (N-methyl/N-ethyl adjacent to an activating group) is 1. The van der Waals surface area contributed by atoms with Crippen LogP contribution in [0.1, 0.15) is 18.4 Å². The highest BCUT2D eigenvalue weighted by molar-refractivity contribution is 6.08. The highest BCUT2D eigenvalue weighted by Gasteiger charge is 2.50. The molecular weight excluding hydrogens is 280 g/mol. The molecule has 0 spiro atoms. The molecule has 2 aliphatic heterocycles. The number of amides is 2. The van der Waals surface area contributed by atoms with Crippen molar-refractivity contribution in [2.45, 2.75) is 18.3 Å². The lowest BCUT2D eigenvalue weighted by Crippen LogP contribution is -2.42. The number of carbonyl (C=O) groups is 2. The van der Waals surface area contributed by atoms with Gasteiger partial charge < -0.3 is 4.74 Å². The molecule has 22 heavy (non-hydrogen) atoms. The minimum atomic E-state index is -0.703. The number of hydrogen-bond donors (Lipinski definition) is 0. The first kappa shape index (κ1) is 15.2. The molecule has 0 bridgehead atoms. The zero-order chi connectivity index (χ0) is 15.6. The number of nitrogens with zero attached hydrogens (tertiary/aromatic N) is 2. The summed E-state index contributed by atoms with van der Waals surface area (Å²) in [6.45, 7) is 4.08. The molecule has 0 aliphatic carbocycles. The Bertz CT molecular complexity index is 554. The summed E-state index contributed by atoms with van der Waals surface area (Å²) in [4.78, 5) is 28.5. The molecule has 1 aromatic carbocycles. The maximum Gasteiger partial charge on any atom is 0.240 e. The van der Waals surface area contributed by atoms with E-state index in [9.17, 15) is 9.59 Å². The van der Waals surface area contributed by atoms with E-state index in [-0.39, 0.29) is 18.2 Å². The van der Waals surface area contributed by atoms with E-state index in [2.05, 4.69) is 4.90 Å². The van der Waals surface area contributed by atoms with Crippen molar-refractivity contribution < 1.29 is 14.3 Å². The van der Waals surface area contributed by atoms with Crippen LogP contribution < -0.4 is 0 Å². The normalized spacial score (nSPS) is 26.7. The maximum atomic E-state index is 12.8. The minimum Gasteiger partial charge on any atom is -0.379 e. The topological polar surface area (TPSA) is 49.9 Å². The third-order valence-electron chi connectivity index (χ3n) is 4.83. The highest BCUT2D eigenvalue weighted by Crippen LogP contribution is 2.39. The monoisotopic (exact) mass is 302 g/mol. The molecule has 2 saturated heterocycles. The van der Waals surface area contributed by atoms with Crippen molar-refractivity contribution in [3.8, 4) is 0 Å². The molecule has 5 heteroatoms. The number of likely N-dealkylation sites (tertiary alicyclic amines) is 1. The fourth-order valence-electron chi connectivity index (χ4n) is 3.38. The van der Waals surface area contributed by atoms with Crippen LogP contribution in [-0.2, 0) is 19.7 Å². The van der Waals surface area contributed by atoms with Gasteiger partial charge in [0.2, 0.25) is 11.8 Å². The Morgan fingerprint density at radius 1 is 1.14 bits per heavy atom. The second-order valence-corrected chi connectivity index (χ2v) is 6.09. The van der Waals surface area contributed by atoms with Gasteiger partial charge in [0.05, 0.1) is 18.6 Å². The second kappa shape index (κ2) is 6.18. The molecule has 0 N–H and O–H groups in total. The van der Waals surface area contributed by atoms with Gasteiger partial charge in [0.1, 0.15) is 0 Å². The van der Waals surface area contributed by atoms with Crippen molar-refractivity contribution in [2.24, 2.45) is 0 Å². The van der Waals surface area contributed by atoms with Crippen LogP contribution in [0.3, 0.4) is 0 Å². The van der Waals surface area contributed by atoms with Crippen LogP contribution in [0.15, 0.2) is 30.3 Å². The number of rotatable bonds is 4. The number of imide groups is 1. The van der Waals surface area contributed by atoms with E-state index in [1.807, 2.05) is 30.3 Å². The highest BCUT2D eigenvalue weighted by atomic mass is 16.5. The predicted molar refractivity (Wildman–Crippen MR) is 82.4 cm³/mol. The molecule has 0 saturated carbocycles. The first-order valence-corrected chi connectivity index (χ1v) is 7.80. The fourth-order valence-corrected chi connectivity index (χ4v) is 3.38. The lowest BCUT2D eigenvalue weighted by Gasteiger charge is -2.32. The summed E-state index contributed by atoms with van der Waals surface area (Å²) in [6.07, 6.45) is 0.947. The van der Waals surface area contributed by atoms with Crippen LogP contribution in [0.25, 0.3) is 0 Å². The van der Waals surface area contributed by atoms with Crippen molar-refractivity contribution in [2.75, 3.05) is 39.9 Å². The average molecular weight is 302 g/mol. The van der Waals surface area contributed by atoms with E-state index in [4.69, 9.17) is 4.74 Å². The molecule has 2 amide bonds. The van der Waals surface area contributed by atoms with Crippen LogP contribution >= 0.6 is 0 Å². The molecule has 0 aromatic heterocycles. The Morgan fingerprint density at radius 2 is 1.82 bits per heavy atom. The Morgan fingerprint density at radius 3 is 2.41 bits per heavy atom. The lowest BCUT2D eigenvalue weighted by molar-refractivity contribution is -0.138. The third-order valence-corrected chi connectivity index (χ3v) is 4.83. The summed E-state index contributed by atoms with van der Waals surface area (Å²) in [5, 5.41) is 0. The molecule has 2 fully saturated rings. The maximum absolute atomic E-state index is 12.8. The molecule has 0 radical (unpaired) electrons. The molecule has 0 unspecified atom stereocenters. The van der Waals surface area contributed by atoms with Crippen LogP contribution in [0.4, 0.5) is 0 Å². The summed E-state index contributed by atoms with van der Waals surface area (Å²) in [6, 6.07) is 9.72. The second-order valence-electron chi connectivity index (χ2n) is 6.09. The average Bonchev–Trinajstić information content (AvgIpc) is 2.80. The van der Waals surface area contributed by atoms with Gasteiger partial charge in [0.25, 0.3) is 0 Å².